The number of rotatable bonds is 4. The molecule has 15 heavy (non-hydrogen) atoms. The maximum Gasteiger partial charge on any atom is 0.264 e. The van der Waals surface area contributed by atoms with Crippen LogP contribution in [0.4, 0.5) is 0 Å². The number of Topliss-reactive ketones (excluding diaryl/α,β-unsaturated/α-hetero) is 1. The van der Waals surface area contributed by atoms with Crippen LogP contribution in [-0.2, 0) is 19.1 Å². The lowest BCUT2D eigenvalue weighted by Crippen LogP contribution is -2.38. The van der Waals surface area contributed by atoms with E-state index in [-0.39, 0.29) is 12.2 Å². The van der Waals surface area contributed by atoms with Crippen molar-refractivity contribution in [2.24, 2.45) is 0 Å². The molecule has 1 rings (SSSR count). The highest BCUT2D eigenvalue weighted by atomic mass is 32.2. The number of carbonyl (C=O) groups excluding carboxylic acids is 1. The normalized spacial score (nSPS) is 21.2. The van der Waals surface area contributed by atoms with Gasteiger partial charge in [-0.25, -0.2) is 0 Å². The van der Waals surface area contributed by atoms with Crippen LogP contribution in [0.1, 0.15) is 45.4 Å². The monoisotopic (exact) mass is 234 g/mol. The van der Waals surface area contributed by atoms with E-state index in [4.69, 9.17) is 4.18 Å². The van der Waals surface area contributed by atoms with Gasteiger partial charge in [0.2, 0.25) is 0 Å². The molecule has 0 atom stereocenters. The quantitative estimate of drug-likeness (QED) is 0.694. The Bertz CT molecular complexity index is 325. The molecule has 0 saturated heterocycles. The molecule has 1 saturated carbocycles. The van der Waals surface area contributed by atoms with Crippen LogP contribution in [0.3, 0.4) is 0 Å². The van der Waals surface area contributed by atoms with Gasteiger partial charge in [0, 0.05) is 6.42 Å². The molecule has 0 bridgehead atoms. The van der Waals surface area contributed by atoms with Gasteiger partial charge >= 0.3 is 0 Å². The Balaban J connectivity index is 2.79. The highest BCUT2D eigenvalue weighted by Gasteiger charge is 2.37. The zero-order valence-electron chi connectivity index (χ0n) is 9.28. The Hall–Kier alpha value is -0.420. The Labute approximate surface area is 91.1 Å². The molecule has 4 nitrogen and oxygen atoms in total. The van der Waals surface area contributed by atoms with Crippen molar-refractivity contribution in [1.82, 2.24) is 0 Å². The van der Waals surface area contributed by atoms with Gasteiger partial charge in [-0.3, -0.25) is 8.98 Å². The van der Waals surface area contributed by atoms with E-state index in [1.54, 1.807) is 0 Å². The Kier molecular flexibility index (Phi) is 3.89. The molecular weight excluding hydrogens is 216 g/mol. The highest BCUT2D eigenvalue weighted by molar-refractivity contribution is 7.86. The Morgan fingerprint density at radius 2 is 1.80 bits per heavy atom. The third-order valence-corrected chi connectivity index (χ3v) is 3.32. The molecule has 0 aromatic rings. The van der Waals surface area contributed by atoms with Crippen molar-refractivity contribution in [3.63, 3.8) is 0 Å². The largest absolute Gasteiger partial charge is 0.300 e. The summed E-state index contributed by atoms with van der Waals surface area (Å²) < 4.78 is 27.4. The van der Waals surface area contributed by atoms with Crippen molar-refractivity contribution in [3.05, 3.63) is 0 Å². The lowest BCUT2D eigenvalue weighted by atomic mass is 9.81. The van der Waals surface area contributed by atoms with Gasteiger partial charge in [-0.05, 0) is 19.8 Å². The molecule has 0 N–H and O–H groups in total. The predicted molar refractivity (Wildman–Crippen MR) is 57.0 cm³/mol. The predicted octanol–water partition coefficient (Wildman–Crippen LogP) is 1.64. The van der Waals surface area contributed by atoms with Gasteiger partial charge in [-0.1, -0.05) is 19.3 Å². The number of hydrogen-bond acceptors (Lipinski definition) is 4. The van der Waals surface area contributed by atoms with Crippen molar-refractivity contribution in [1.29, 1.82) is 0 Å². The summed E-state index contributed by atoms with van der Waals surface area (Å²) in [6.45, 7) is 1.47. The smallest absolute Gasteiger partial charge is 0.264 e. The molecule has 0 heterocycles. The van der Waals surface area contributed by atoms with Gasteiger partial charge in [-0.2, -0.15) is 8.42 Å². The van der Waals surface area contributed by atoms with Crippen molar-refractivity contribution < 1.29 is 17.4 Å². The van der Waals surface area contributed by atoms with E-state index in [9.17, 15) is 13.2 Å². The maximum atomic E-state index is 11.2. The van der Waals surface area contributed by atoms with E-state index >= 15 is 0 Å². The van der Waals surface area contributed by atoms with Crippen LogP contribution in [0, 0.1) is 0 Å². The lowest BCUT2D eigenvalue weighted by molar-refractivity contribution is -0.121. The van der Waals surface area contributed by atoms with E-state index in [1.165, 1.54) is 6.92 Å². The van der Waals surface area contributed by atoms with Crippen LogP contribution in [0.5, 0.6) is 0 Å². The molecule has 0 radical (unpaired) electrons. The second kappa shape index (κ2) is 4.61. The second-order valence-corrected chi connectivity index (χ2v) is 5.98. The zero-order chi connectivity index (χ0) is 11.5. The van der Waals surface area contributed by atoms with Crippen LogP contribution >= 0.6 is 0 Å². The first-order valence-electron chi connectivity index (χ1n) is 5.23. The summed E-state index contributed by atoms with van der Waals surface area (Å²) in [4.78, 5) is 11.1. The van der Waals surface area contributed by atoms with Crippen LogP contribution in [-0.4, -0.2) is 26.1 Å². The molecule has 0 unspecified atom stereocenters. The fourth-order valence-corrected chi connectivity index (χ4v) is 3.13. The van der Waals surface area contributed by atoms with Gasteiger partial charge in [-0.15, -0.1) is 0 Å². The first-order chi connectivity index (χ1) is 6.83. The summed E-state index contributed by atoms with van der Waals surface area (Å²) in [7, 11) is -3.48. The minimum Gasteiger partial charge on any atom is -0.300 e. The number of carbonyl (C=O) groups is 1. The van der Waals surface area contributed by atoms with Crippen molar-refractivity contribution in [3.8, 4) is 0 Å². The number of ketones is 1. The molecule has 0 amide bonds. The Morgan fingerprint density at radius 3 is 2.20 bits per heavy atom. The van der Waals surface area contributed by atoms with Crippen molar-refractivity contribution >= 4 is 15.9 Å². The third kappa shape index (κ3) is 4.30. The molecule has 1 fully saturated rings. The summed E-state index contributed by atoms with van der Waals surface area (Å²) in [5.41, 5.74) is -0.752. The van der Waals surface area contributed by atoms with Gasteiger partial charge in [0.1, 0.15) is 5.78 Å². The summed E-state index contributed by atoms with van der Waals surface area (Å²) >= 11 is 0. The fraction of sp³-hybridized carbons (Fsp3) is 0.900. The SMILES string of the molecule is CC(=O)CC1(OS(C)(=O)=O)CCCCC1. The van der Waals surface area contributed by atoms with Crippen LogP contribution in [0.25, 0.3) is 0 Å². The topological polar surface area (TPSA) is 60.4 Å². The third-order valence-electron chi connectivity index (χ3n) is 2.66. The van der Waals surface area contributed by atoms with Crippen LogP contribution in [0.15, 0.2) is 0 Å². The van der Waals surface area contributed by atoms with E-state index in [0.717, 1.165) is 25.5 Å². The van der Waals surface area contributed by atoms with Crippen LogP contribution < -0.4 is 0 Å². The van der Waals surface area contributed by atoms with Crippen LogP contribution in [0.2, 0.25) is 0 Å². The first-order valence-corrected chi connectivity index (χ1v) is 7.05. The first kappa shape index (κ1) is 12.6. The minimum atomic E-state index is -3.48. The standard InChI is InChI=1S/C10H18O4S/c1-9(11)8-10(14-15(2,12)13)6-4-3-5-7-10/h3-8H2,1-2H3. The van der Waals surface area contributed by atoms with Gasteiger partial charge in [0.05, 0.1) is 11.9 Å². The summed E-state index contributed by atoms with van der Waals surface area (Å²) in [6.07, 6.45) is 5.54. The summed E-state index contributed by atoms with van der Waals surface area (Å²) in [5, 5.41) is 0. The molecule has 0 aromatic carbocycles. The van der Waals surface area contributed by atoms with Gasteiger partial charge in [0.25, 0.3) is 10.1 Å². The van der Waals surface area contributed by atoms with E-state index in [2.05, 4.69) is 0 Å². The number of hydrogen-bond donors (Lipinski definition) is 0. The summed E-state index contributed by atoms with van der Waals surface area (Å²) in [6, 6.07) is 0. The molecule has 5 heteroatoms. The highest BCUT2D eigenvalue weighted by Crippen LogP contribution is 2.35. The zero-order valence-corrected chi connectivity index (χ0v) is 10.1. The second-order valence-electron chi connectivity index (χ2n) is 4.41. The average Bonchev–Trinajstić information content (AvgIpc) is 1.99. The van der Waals surface area contributed by atoms with Gasteiger partial charge < -0.3 is 0 Å². The van der Waals surface area contributed by atoms with E-state index in [0.29, 0.717) is 12.8 Å². The van der Waals surface area contributed by atoms with Gasteiger partial charge in [0.15, 0.2) is 0 Å². The molecule has 88 valence electrons. The minimum absolute atomic E-state index is 0.0134. The molecule has 1 aliphatic carbocycles. The molecule has 0 aliphatic heterocycles. The molecule has 0 spiro atoms. The average molecular weight is 234 g/mol. The molecule has 0 aromatic heterocycles. The van der Waals surface area contributed by atoms with Crippen molar-refractivity contribution in [2.75, 3.05) is 6.26 Å². The Morgan fingerprint density at radius 1 is 1.27 bits per heavy atom. The van der Waals surface area contributed by atoms with E-state index < -0.39 is 15.7 Å². The fourth-order valence-electron chi connectivity index (χ4n) is 2.26. The molecule has 1 aliphatic rings. The van der Waals surface area contributed by atoms with Crippen molar-refractivity contribution in [2.45, 2.75) is 51.0 Å². The maximum absolute atomic E-state index is 11.2. The van der Waals surface area contributed by atoms with E-state index in [1.807, 2.05) is 0 Å². The summed E-state index contributed by atoms with van der Waals surface area (Å²) in [5.74, 6) is -0.0134. The lowest BCUT2D eigenvalue weighted by Gasteiger charge is -2.35. The molecular formula is C10H18O4S.